The van der Waals surface area contributed by atoms with Gasteiger partial charge in [-0.05, 0) is 71.1 Å². The molecule has 2 aliphatic carbocycles. The summed E-state index contributed by atoms with van der Waals surface area (Å²) in [5, 5.41) is 9.31. The molecule has 24 heavy (non-hydrogen) atoms. The minimum absolute atomic E-state index is 0.381. The number of ether oxygens (including phenoxy) is 1. The number of aliphatic imine (C=N–C) groups is 1. The second-order valence-corrected chi connectivity index (χ2v) is 7.91. The molecule has 2 fully saturated rings. The number of hydrogen-bond donors (Lipinski definition) is 3. The van der Waals surface area contributed by atoms with Crippen LogP contribution in [0.1, 0.15) is 53.4 Å². The maximum atomic E-state index is 11.6. The molecule has 138 valence electrons. The monoisotopic (exact) mass is 338 g/mol. The van der Waals surface area contributed by atoms with Crippen LogP contribution in [0.25, 0.3) is 0 Å². The summed E-state index contributed by atoms with van der Waals surface area (Å²) >= 11 is 0. The molecule has 0 atom stereocenters. The van der Waals surface area contributed by atoms with Crippen LogP contribution in [-0.2, 0) is 4.74 Å². The first-order chi connectivity index (χ1) is 11.4. The van der Waals surface area contributed by atoms with E-state index in [1.54, 1.807) is 0 Å². The molecule has 0 heterocycles. The van der Waals surface area contributed by atoms with Crippen LogP contribution < -0.4 is 16.0 Å². The van der Waals surface area contributed by atoms with E-state index >= 15 is 0 Å². The number of alkyl carbamates (subject to hydrolysis) is 1. The zero-order chi connectivity index (χ0) is 17.6. The third kappa shape index (κ3) is 7.41. The van der Waals surface area contributed by atoms with Crippen molar-refractivity contribution in [3.8, 4) is 0 Å². The summed E-state index contributed by atoms with van der Waals surface area (Å²) in [6.45, 7) is 10.5. The van der Waals surface area contributed by atoms with Crippen LogP contribution in [0, 0.1) is 17.8 Å². The molecule has 0 bridgehead atoms. The van der Waals surface area contributed by atoms with Gasteiger partial charge in [-0.2, -0.15) is 0 Å². The zero-order valence-electron chi connectivity index (χ0n) is 15.7. The third-order valence-electron chi connectivity index (χ3n) is 4.35. The van der Waals surface area contributed by atoms with Gasteiger partial charge in [-0.3, -0.25) is 4.99 Å². The lowest BCUT2D eigenvalue weighted by molar-refractivity contribution is 0.0529. The minimum atomic E-state index is -0.464. The number of carbonyl (C=O) groups is 1. The van der Waals surface area contributed by atoms with Gasteiger partial charge in [0.25, 0.3) is 0 Å². The standard InChI is InChI=1S/C18H34N4O2/c1-5-19-16(20-10-11-21-17(23)24-18(2,3)4)22-12-15(13-6-7-13)14-8-9-14/h13-15H,5-12H2,1-4H3,(H,21,23)(H2,19,20,22). The van der Waals surface area contributed by atoms with Crippen LogP contribution in [0.15, 0.2) is 4.99 Å². The van der Waals surface area contributed by atoms with Crippen molar-refractivity contribution in [1.82, 2.24) is 16.0 Å². The summed E-state index contributed by atoms with van der Waals surface area (Å²) in [4.78, 5) is 16.4. The fourth-order valence-electron chi connectivity index (χ4n) is 2.93. The van der Waals surface area contributed by atoms with Crippen LogP contribution in [0.2, 0.25) is 0 Å². The number of nitrogens with zero attached hydrogens (tertiary/aromatic N) is 1. The van der Waals surface area contributed by atoms with Crippen molar-refractivity contribution in [3.63, 3.8) is 0 Å². The van der Waals surface area contributed by atoms with Crippen molar-refractivity contribution >= 4 is 12.1 Å². The van der Waals surface area contributed by atoms with Crippen LogP contribution >= 0.6 is 0 Å². The Labute approximate surface area is 146 Å². The molecule has 0 aromatic rings. The van der Waals surface area contributed by atoms with Gasteiger partial charge < -0.3 is 20.7 Å². The molecule has 2 aliphatic rings. The van der Waals surface area contributed by atoms with Crippen LogP contribution in [0.5, 0.6) is 0 Å². The Kier molecular flexibility index (Phi) is 6.75. The summed E-state index contributed by atoms with van der Waals surface area (Å²) < 4.78 is 5.21. The molecule has 0 unspecified atom stereocenters. The van der Waals surface area contributed by atoms with Crippen molar-refractivity contribution in [2.24, 2.45) is 22.7 Å². The first-order valence-corrected chi connectivity index (χ1v) is 9.38. The predicted molar refractivity (Wildman–Crippen MR) is 97.2 cm³/mol. The van der Waals surface area contributed by atoms with E-state index in [0.29, 0.717) is 13.1 Å². The first-order valence-electron chi connectivity index (χ1n) is 9.38. The smallest absolute Gasteiger partial charge is 0.407 e. The zero-order valence-corrected chi connectivity index (χ0v) is 15.7. The Morgan fingerprint density at radius 2 is 1.67 bits per heavy atom. The van der Waals surface area contributed by atoms with Gasteiger partial charge in [-0.1, -0.05) is 0 Å². The summed E-state index contributed by atoms with van der Waals surface area (Å²) in [5.74, 6) is 3.45. The third-order valence-corrected chi connectivity index (χ3v) is 4.35. The summed E-state index contributed by atoms with van der Waals surface area (Å²) in [6, 6.07) is 0. The second kappa shape index (κ2) is 8.58. The van der Waals surface area contributed by atoms with Crippen molar-refractivity contribution in [1.29, 1.82) is 0 Å². The predicted octanol–water partition coefficient (Wildman–Crippen LogP) is 2.50. The molecular formula is C18H34N4O2. The first kappa shape index (κ1) is 18.9. The van der Waals surface area contributed by atoms with Crippen LogP contribution in [-0.4, -0.2) is 43.8 Å². The van der Waals surface area contributed by atoms with Gasteiger partial charge in [0.2, 0.25) is 0 Å². The summed E-state index contributed by atoms with van der Waals surface area (Å²) in [7, 11) is 0. The Hall–Kier alpha value is -1.46. The minimum Gasteiger partial charge on any atom is -0.444 e. The van der Waals surface area contributed by atoms with E-state index in [1.165, 1.54) is 25.7 Å². The molecular weight excluding hydrogens is 304 g/mol. The summed E-state index contributed by atoms with van der Waals surface area (Å²) in [5.41, 5.74) is -0.464. The van der Waals surface area contributed by atoms with Crippen molar-refractivity contribution in [2.45, 2.75) is 59.0 Å². The van der Waals surface area contributed by atoms with Crippen molar-refractivity contribution in [2.75, 3.05) is 26.2 Å². The highest BCUT2D eigenvalue weighted by Gasteiger charge is 2.41. The molecule has 1 amide bonds. The van der Waals surface area contributed by atoms with E-state index in [9.17, 15) is 4.79 Å². The Balaban J connectivity index is 1.68. The molecule has 2 saturated carbocycles. The van der Waals surface area contributed by atoms with Gasteiger partial charge in [0.15, 0.2) is 5.96 Å². The largest absolute Gasteiger partial charge is 0.444 e. The molecule has 2 rings (SSSR count). The Morgan fingerprint density at radius 1 is 1.08 bits per heavy atom. The van der Waals surface area contributed by atoms with E-state index in [2.05, 4.69) is 22.9 Å². The molecule has 0 radical (unpaired) electrons. The molecule has 6 heteroatoms. The number of nitrogens with one attached hydrogen (secondary N) is 3. The molecule has 0 aromatic heterocycles. The average Bonchev–Trinajstić information content (AvgIpc) is 3.35. The average molecular weight is 338 g/mol. The fourth-order valence-corrected chi connectivity index (χ4v) is 2.93. The van der Waals surface area contributed by atoms with Gasteiger partial charge in [0, 0.05) is 26.2 Å². The second-order valence-electron chi connectivity index (χ2n) is 7.91. The normalized spacial score (nSPS) is 18.5. The van der Waals surface area contributed by atoms with E-state index in [0.717, 1.165) is 36.8 Å². The summed E-state index contributed by atoms with van der Waals surface area (Å²) in [6.07, 6.45) is 5.18. The Morgan fingerprint density at radius 3 is 2.17 bits per heavy atom. The molecule has 0 aliphatic heterocycles. The van der Waals surface area contributed by atoms with Gasteiger partial charge in [0.1, 0.15) is 5.60 Å². The van der Waals surface area contributed by atoms with E-state index in [1.807, 2.05) is 20.8 Å². The van der Waals surface area contributed by atoms with Gasteiger partial charge >= 0.3 is 6.09 Å². The molecule has 0 spiro atoms. The Bertz CT molecular complexity index is 425. The van der Waals surface area contributed by atoms with Crippen LogP contribution in [0.3, 0.4) is 0 Å². The van der Waals surface area contributed by atoms with Gasteiger partial charge in [0.05, 0.1) is 0 Å². The van der Waals surface area contributed by atoms with Crippen molar-refractivity contribution < 1.29 is 9.53 Å². The topological polar surface area (TPSA) is 74.8 Å². The van der Waals surface area contributed by atoms with Crippen molar-refractivity contribution in [3.05, 3.63) is 0 Å². The van der Waals surface area contributed by atoms with E-state index in [4.69, 9.17) is 9.73 Å². The molecule has 6 nitrogen and oxygen atoms in total. The number of hydrogen-bond acceptors (Lipinski definition) is 3. The number of rotatable bonds is 8. The highest BCUT2D eigenvalue weighted by Crippen LogP contribution is 2.49. The molecule has 0 saturated heterocycles. The highest BCUT2D eigenvalue weighted by molar-refractivity contribution is 5.79. The maximum Gasteiger partial charge on any atom is 0.407 e. The number of carbonyl (C=O) groups excluding carboxylic acids is 1. The molecule has 3 N–H and O–H groups in total. The highest BCUT2D eigenvalue weighted by atomic mass is 16.6. The van der Waals surface area contributed by atoms with Crippen LogP contribution in [0.4, 0.5) is 4.79 Å². The lowest BCUT2D eigenvalue weighted by Crippen LogP contribution is -2.42. The lowest BCUT2D eigenvalue weighted by Gasteiger charge is -2.20. The fraction of sp³-hybridized carbons (Fsp3) is 0.889. The lowest BCUT2D eigenvalue weighted by atomic mass is 9.98. The maximum absolute atomic E-state index is 11.6. The van der Waals surface area contributed by atoms with Gasteiger partial charge in [-0.25, -0.2) is 4.79 Å². The van der Waals surface area contributed by atoms with E-state index < -0.39 is 5.60 Å². The number of guanidine groups is 1. The van der Waals surface area contributed by atoms with Gasteiger partial charge in [-0.15, -0.1) is 0 Å². The quantitative estimate of drug-likeness (QED) is 0.361. The van der Waals surface area contributed by atoms with E-state index in [-0.39, 0.29) is 6.09 Å². The molecule has 0 aromatic carbocycles. The number of amides is 1. The SMILES string of the molecule is CCNC(=NCC(C1CC1)C1CC1)NCCNC(=O)OC(C)(C)C.